The van der Waals surface area contributed by atoms with Crippen molar-refractivity contribution in [3.05, 3.63) is 23.8 Å². The van der Waals surface area contributed by atoms with Gasteiger partial charge in [0.2, 0.25) is 0 Å². The molecule has 0 saturated carbocycles. The third-order valence-electron chi connectivity index (χ3n) is 4.87. The van der Waals surface area contributed by atoms with Crippen LogP contribution in [0.15, 0.2) is 23.4 Å². The van der Waals surface area contributed by atoms with Crippen molar-refractivity contribution in [2.75, 3.05) is 25.1 Å². The molecular formula is C16H25N3O2. The van der Waals surface area contributed by atoms with Gasteiger partial charge in [-0.15, -0.1) is 0 Å². The van der Waals surface area contributed by atoms with Crippen molar-refractivity contribution < 1.29 is 9.94 Å². The minimum absolute atomic E-state index is 0.137. The average molecular weight is 291 g/mol. The lowest BCUT2D eigenvalue weighted by Crippen LogP contribution is -2.28. The zero-order chi connectivity index (χ0) is 15.5. The van der Waals surface area contributed by atoms with Crippen LogP contribution in [0.4, 0.5) is 5.69 Å². The molecule has 1 aliphatic heterocycles. The second-order valence-electron chi connectivity index (χ2n) is 5.75. The molecule has 3 N–H and O–H groups in total. The van der Waals surface area contributed by atoms with Crippen molar-refractivity contribution in [3.8, 4) is 5.75 Å². The van der Waals surface area contributed by atoms with Gasteiger partial charge in [0.05, 0.1) is 12.8 Å². The number of nitrogens with zero attached hydrogens (tertiary/aromatic N) is 2. The molecule has 1 heterocycles. The number of oxime groups is 1. The van der Waals surface area contributed by atoms with Crippen LogP contribution in [0.2, 0.25) is 0 Å². The van der Waals surface area contributed by atoms with E-state index in [2.05, 4.69) is 23.9 Å². The predicted molar refractivity (Wildman–Crippen MR) is 85.3 cm³/mol. The maximum absolute atomic E-state index is 8.99. The van der Waals surface area contributed by atoms with Crippen LogP contribution in [0.5, 0.6) is 5.75 Å². The van der Waals surface area contributed by atoms with Gasteiger partial charge in [-0.3, -0.25) is 0 Å². The number of anilines is 1. The van der Waals surface area contributed by atoms with Crippen molar-refractivity contribution >= 4 is 11.5 Å². The lowest BCUT2D eigenvalue weighted by Gasteiger charge is -2.28. The summed E-state index contributed by atoms with van der Waals surface area (Å²) in [5.41, 5.74) is 7.92. The van der Waals surface area contributed by atoms with Crippen LogP contribution in [-0.2, 0) is 0 Å². The quantitative estimate of drug-likeness (QED) is 0.379. The summed E-state index contributed by atoms with van der Waals surface area (Å²) in [6.07, 6.45) is 3.51. The highest BCUT2D eigenvalue weighted by atomic mass is 16.5. The molecule has 0 amide bonds. The Hall–Kier alpha value is -1.91. The van der Waals surface area contributed by atoms with Crippen LogP contribution >= 0.6 is 0 Å². The van der Waals surface area contributed by atoms with E-state index in [1.165, 1.54) is 19.3 Å². The van der Waals surface area contributed by atoms with Gasteiger partial charge < -0.3 is 20.6 Å². The third-order valence-corrected chi connectivity index (χ3v) is 4.87. The van der Waals surface area contributed by atoms with Gasteiger partial charge in [0.25, 0.3) is 0 Å². The summed E-state index contributed by atoms with van der Waals surface area (Å²) in [6, 6.07) is 5.65. The number of rotatable bonds is 5. The van der Waals surface area contributed by atoms with E-state index < -0.39 is 0 Å². The topological polar surface area (TPSA) is 71.1 Å². The fraction of sp³-hybridized carbons (Fsp3) is 0.562. The van der Waals surface area contributed by atoms with Gasteiger partial charge in [0.15, 0.2) is 5.84 Å². The Bertz CT molecular complexity index is 524. The highest BCUT2D eigenvalue weighted by molar-refractivity contribution is 6.02. The molecule has 0 spiro atoms. The number of hydrogen-bond acceptors (Lipinski definition) is 4. The van der Waals surface area contributed by atoms with E-state index in [1.807, 2.05) is 18.2 Å². The number of nitrogens with two attached hydrogens (primary N) is 1. The van der Waals surface area contributed by atoms with Gasteiger partial charge in [-0.05, 0) is 36.8 Å². The van der Waals surface area contributed by atoms with Crippen LogP contribution in [0.25, 0.3) is 0 Å². The van der Waals surface area contributed by atoms with E-state index in [-0.39, 0.29) is 5.84 Å². The predicted octanol–water partition coefficient (Wildman–Crippen LogP) is 2.81. The Kier molecular flexibility index (Phi) is 4.60. The maximum atomic E-state index is 8.99. The van der Waals surface area contributed by atoms with Gasteiger partial charge in [-0.25, -0.2) is 0 Å². The Morgan fingerprint density at radius 1 is 1.43 bits per heavy atom. The molecule has 5 heteroatoms. The Morgan fingerprint density at radius 3 is 2.67 bits per heavy atom. The molecule has 0 aliphatic carbocycles. The summed E-state index contributed by atoms with van der Waals surface area (Å²) in [4.78, 5) is 2.32. The Morgan fingerprint density at radius 2 is 2.14 bits per heavy atom. The van der Waals surface area contributed by atoms with Crippen LogP contribution in [0.1, 0.15) is 38.7 Å². The largest absolute Gasteiger partial charge is 0.497 e. The zero-order valence-corrected chi connectivity index (χ0v) is 13.1. The molecule has 2 rings (SSSR count). The lowest BCUT2D eigenvalue weighted by atomic mass is 9.82. The monoisotopic (exact) mass is 291 g/mol. The molecular weight excluding hydrogens is 266 g/mol. The molecule has 1 fully saturated rings. The number of hydrogen-bond donors (Lipinski definition) is 2. The molecule has 1 aromatic carbocycles. The molecule has 116 valence electrons. The summed E-state index contributed by atoms with van der Waals surface area (Å²) < 4.78 is 5.32. The van der Waals surface area contributed by atoms with Crippen LogP contribution in [0, 0.1) is 5.41 Å². The summed E-state index contributed by atoms with van der Waals surface area (Å²) >= 11 is 0. The van der Waals surface area contributed by atoms with Gasteiger partial charge in [0.1, 0.15) is 5.75 Å². The highest BCUT2D eigenvalue weighted by Gasteiger charge is 2.36. The first-order chi connectivity index (χ1) is 10.1. The minimum Gasteiger partial charge on any atom is -0.497 e. The fourth-order valence-electron chi connectivity index (χ4n) is 3.14. The first-order valence-electron chi connectivity index (χ1n) is 7.50. The fourth-order valence-corrected chi connectivity index (χ4v) is 3.14. The molecule has 1 aliphatic rings. The average Bonchev–Trinajstić information content (AvgIpc) is 2.98. The van der Waals surface area contributed by atoms with E-state index in [4.69, 9.17) is 15.7 Å². The molecule has 0 bridgehead atoms. The number of ether oxygens (including phenoxy) is 1. The van der Waals surface area contributed by atoms with Crippen molar-refractivity contribution in [2.24, 2.45) is 16.3 Å². The van der Waals surface area contributed by atoms with E-state index in [0.29, 0.717) is 5.41 Å². The van der Waals surface area contributed by atoms with Gasteiger partial charge in [-0.2, -0.15) is 0 Å². The second kappa shape index (κ2) is 6.24. The summed E-state index contributed by atoms with van der Waals surface area (Å²) in [5, 5.41) is 12.1. The molecule has 0 atom stereocenters. The minimum atomic E-state index is 0.137. The van der Waals surface area contributed by atoms with Gasteiger partial charge >= 0.3 is 0 Å². The Balaban J connectivity index is 2.38. The molecule has 0 aromatic heterocycles. The molecule has 1 aromatic rings. The number of methoxy groups -OCH3 is 1. The van der Waals surface area contributed by atoms with Crippen molar-refractivity contribution in [3.63, 3.8) is 0 Å². The van der Waals surface area contributed by atoms with Crippen LogP contribution in [0.3, 0.4) is 0 Å². The SMILES string of the molecule is CCC1(CC)CCN(c2cc(OC)ccc2/C(N)=N/O)C1. The number of benzene rings is 1. The zero-order valence-electron chi connectivity index (χ0n) is 13.1. The maximum Gasteiger partial charge on any atom is 0.172 e. The third kappa shape index (κ3) is 2.91. The van der Waals surface area contributed by atoms with Crippen molar-refractivity contribution in [1.29, 1.82) is 0 Å². The highest BCUT2D eigenvalue weighted by Crippen LogP contribution is 2.40. The number of amidine groups is 1. The summed E-state index contributed by atoms with van der Waals surface area (Å²) in [7, 11) is 1.65. The van der Waals surface area contributed by atoms with Gasteiger partial charge in [-0.1, -0.05) is 19.0 Å². The van der Waals surface area contributed by atoms with Crippen LogP contribution < -0.4 is 15.4 Å². The molecule has 1 saturated heterocycles. The van der Waals surface area contributed by atoms with E-state index in [1.54, 1.807) is 7.11 Å². The van der Waals surface area contributed by atoms with Crippen molar-refractivity contribution in [1.82, 2.24) is 0 Å². The standard InChI is InChI=1S/C16H25N3O2/c1-4-16(5-2)8-9-19(11-16)14-10-12(21-3)6-7-13(14)15(17)18-20/h6-7,10,20H,4-5,8-9,11H2,1-3H3,(H2,17,18). The van der Waals surface area contributed by atoms with Crippen LogP contribution in [-0.4, -0.2) is 31.2 Å². The van der Waals surface area contributed by atoms with Gasteiger partial charge in [0, 0.05) is 24.7 Å². The second-order valence-corrected chi connectivity index (χ2v) is 5.75. The van der Waals surface area contributed by atoms with E-state index in [9.17, 15) is 0 Å². The Labute approximate surface area is 126 Å². The lowest BCUT2D eigenvalue weighted by molar-refractivity contribution is 0.301. The molecule has 0 radical (unpaired) electrons. The molecule has 5 nitrogen and oxygen atoms in total. The van der Waals surface area contributed by atoms with E-state index >= 15 is 0 Å². The molecule has 0 unspecified atom stereocenters. The first-order valence-corrected chi connectivity index (χ1v) is 7.50. The van der Waals surface area contributed by atoms with Crippen molar-refractivity contribution in [2.45, 2.75) is 33.1 Å². The normalized spacial score (nSPS) is 18.0. The summed E-state index contributed by atoms with van der Waals surface area (Å²) in [5.74, 6) is 0.920. The van der Waals surface area contributed by atoms with E-state index in [0.717, 1.165) is 30.1 Å². The first kappa shape index (κ1) is 15.5. The molecule has 21 heavy (non-hydrogen) atoms. The smallest absolute Gasteiger partial charge is 0.172 e. The summed E-state index contributed by atoms with van der Waals surface area (Å²) in [6.45, 7) is 6.49.